The second-order valence-electron chi connectivity index (χ2n) is 6.39. The Bertz CT molecular complexity index is 868. The van der Waals surface area contributed by atoms with Gasteiger partial charge in [0.05, 0.1) is 12.2 Å². The second-order valence-corrected chi connectivity index (χ2v) is 6.39. The topological polar surface area (TPSA) is 82.5 Å². The molecule has 3 heterocycles. The highest BCUT2D eigenvalue weighted by Crippen LogP contribution is 2.43. The third kappa shape index (κ3) is 3.26. The maximum Gasteiger partial charge on any atom is 0.280 e. The van der Waals surface area contributed by atoms with Gasteiger partial charge in [0.2, 0.25) is 5.92 Å². The lowest BCUT2D eigenvalue weighted by Gasteiger charge is -2.34. The van der Waals surface area contributed by atoms with Crippen LogP contribution in [0.3, 0.4) is 0 Å². The first-order valence-corrected chi connectivity index (χ1v) is 8.00. The van der Waals surface area contributed by atoms with Gasteiger partial charge in [0.1, 0.15) is 0 Å². The highest BCUT2D eigenvalue weighted by molar-refractivity contribution is 5.49. The molecule has 0 N–H and O–H groups in total. The summed E-state index contributed by atoms with van der Waals surface area (Å²) >= 11 is 0. The van der Waals surface area contributed by atoms with Crippen molar-refractivity contribution in [3.8, 4) is 11.6 Å². The molecule has 0 aromatic carbocycles. The van der Waals surface area contributed by atoms with Crippen LogP contribution in [0.2, 0.25) is 0 Å². The molecule has 1 aliphatic carbocycles. The minimum atomic E-state index is -2.54. The Morgan fingerprint density at radius 1 is 1.28 bits per heavy atom. The fourth-order valence-electron chi connectivity index (χ4n) is 2.99. The second kappa shape index (κ2) is 5.98. The summed E-state index contributed by atoms with van der Waals surface area (Å²) in [7, 11) is 0. The van der Waals surface area contributed by atoms with Crippen molar-refractivity contribution < 1.29 is 13.3 Å². The van der Waals surface area contributed by atoms with Crippen molar-refractivity contribution >= 4 is 0 Å². The summed E-state index contributed by atoms with van der Waals surface area (Å²) in [6.45, 7) is 2.42. The minimum Gasteiger partial charge on any atom is -0.332 e. The molecule has 3 aromatic heterocycles. The van der Waals surface area contributed by atoms with Crippen LogP contribution in [0.1, 0.15) is 29.9 Å². The van der Waals surface area contributed by atoms with Gasteiger partial charge in [-0.05, 0) is 30.5 Å². The molecule has 0 spiro atoms. The fourth-order valence-corrected chi connectivity index (χ4v) is 2.99. The lowest BCUT2D eigenvalue weighted by molar-refractivity contribution is -0.110. The van der Waals surface area contributed by atoms with Crippen LogP contribution >= 0.6 is 0 Å². The summed E-state index contributed by atoms with van der Waals surface area (Å²) in [4.78, 5) is 8.27. The lowest BCUT2D eigenvalue weighted by Crippen LogP contribution is -2.36. The molecule has 0 saturated heterocycles. The maximum atomic E-state index is 12.9. The third-order valence-corrected chi connectivity index (χ3v) is 4.38. The average Bonchev–Trinajstić information content (AvgIpc) is 3.14. The molecule has 1 saturated carbocycles. The van der Waals surface area contributed by atoms with E-state index in [1.165, 1.54) is 0 Å². The SMILES string of the molecule is Cc1c(-c2nc(CC3CC(F)(F)C3)no2)nnn1Cc1ccncc1. The van der Waals surface area contributed by atoms with Crippen molar-refractivity contribution in [2.24, 2.45) is 5.92 Å². The van der Waals surface area contributed by atoms with Crippen molar-refractivity contribution in [1.29, 1.82) is 0 Å². The molecule has 130 valence electrons. The zero-order chi connectivity index (χ0) is 17.4. The summed E-state index contributed by atoms with van der Waals surface area (Å²) in [6, 6.07) is 3.81. The van der Waals surface area contributed by atoms with Crippen molar-refractivity contribution in [3.05, 3.63) is 41.6 Å². The van der Waals surface area contributed by atoms with Gasteiger partial charge in [0.15, 0.2) is 11.5 Å². The highest BCUT2D eigenvalue weighted by atomic mass is 19.3. The first kappa shape index (κ1) is 15.8. The summed E-state index contributed by atoms with van der Waals surface area (Å²) in [5, 5.41) is 12.1. The van der Waals surface area contributed by atoms with Crippen LogP contribution in [0.5, 0.6) is 0 Å². The Morgan fingerprint density at radius 3 is 2.76 bits per heavy atom. The maximum absolute atomic E-state index is 12.9. The molecule has 0 amide bonds. The van der Waals surface area contributed by atoms with Crippen molar-refractivity contribution in [2.45, 2.75) is 38.7 Å². The van der Waals surface area contributed by atoms with Crippen LogP contribution in [0.4, 0.5) is 8.78 Å². The number of alkyl halides is 2. The monoisotopic (exact) mass is 346 g/mol. The van der Waals surface area contributed by atoms with E-state index >= 15 is 0 Å². The minimum absolute atomic E-state index is 0.0936. The van der Waals surface area contributed by atoms with Crippen LogP contribution < -0.4 is 0 Å². The smallest absolute Gasteiger partial charge is 0.280 e. The molecule has 4 rings (SSSR count). The van der Waals surface area contributed by atoms with E-state index < -0.39 is 5.92 Å². The molecule has 1 aliphatic rings. The average molecular weight is 346 g/mol. The predicted octanol–water partition coefficient (Wildman–Crippen LogP) is 2.67. The first-order chi connectivity index (χ1) is 12.0. The van der Waals surface area contributed by atoms with Gasteiger partial charge < -0.3 is 4.52 Å². The first-order valence-electron chi connectivity index (χ1n) is 8.00. The van der Waals surface area contributed by atoms with Gasteiger partial charge in [0.25, 0.3) is 5.89 Å². The number of hydrogen-bond donors (Lipinski definition) is 0. The zero-order valence-corrected chi connectivity index (χ0v) is 13.6. The van der Waals surface area contributed by atoms with E-state index in [0.29, 0.717) is 24.5 Å². The van der Waals surface area contributed by atoms with Gasteiger partial charge >= 0.3 is 0 Å². The predicted molar refractivity (Wildman–Crippen MR) is 82.8 cm³/mol. The Morgan fingerprint density at radius 2 is 2.04 bits per heavy atom. The largest absolute Gasteiger partial charge is 0.332 e. The summed E-state index contributed by atoms with van der Waals surface area (Å²) in [5.41, 5.74) is 2.35. The Hall–Kier alpha value is -2.71. The third-order valence-electron chi connectivity index (χ3n) is 4.38. The number of nitrogens with zero attached hydrogens (tertiary/aromatic N) is 6. The van der Waals surface area contributed by atoms with Crippen molar-refractivity contribution in [2.75, 3.05) is 0 Å². The van der Waals surface area contributed by atoms with E-state index in [0.717, 1.165) is 11.3 Å². The molecular formula is C16H16F2N6O. The quantitative estimate of drug-likeness (QED) is 0.706. The van der Waals surface area contributed by atoms with E-state index in [1.807, 2.05) is 19.1 Å². The summed E-state index contributed by atoms with van der Waals surface area (Å²) < 4.78 is 32.8. The standard InChI is InChI=1S/C16H16F2N6O/c1-10-14(21-23-24(10)9-11-2-4-19-5-3-11)15-20-13(22-25-15)6-12-7-16(17,18)8-12/h2-5,12H,6-9H2,1H3. The Labute approximate surface area is 142 Å². The van der Waals surface area contributed by atoms with Crippen LogP contribution in [-0.2, 0) is 13.0 Å². The van der Waals surface area contributed by atoms with Gasteiger partial charge in [-0.2, -0.15) is 4.98 Å². The van der Waals surface area contributed by atoms with Gasteiger partial charge in [-0.25, -0.2) is 13.5 Å². The molecule has 0 atom stereocenters. The number of halogens is 2. The van der Waals surface area contributed by atoms with E-state index in [1.54, 1.807) is 17.1 Å². The Kier molecular flexibility index (Phi) is 3.78. The molecule has 7 nitrogen and oxygen atoms in total. The molecular weight excluding hydrogens is 330 g/mol. The molecule has 1 fully saturated rings. The van der Waals surface area contributed by atoms with Crippen molar-refractivity contribution in [3.63, 3.8) is 0 Å². The summed E-state index contributed by atoms with van der Waals surface area (Å²) in [5.74, 6) is -1.94. The normalized spacial score (nSPS) is 16.8. The highest BCUT2D eigenvalue weighted by Gasteiger charge is 2.45. The van der Waals surface area contributed by atoms with Gasteiger partial charge in [0, 0.05) is 31.7 Å². The molecule has 0 bridgehead atoms. The van der Waals surface area contributed by atoms with E-state index in [9.17, 15) is 8.78 Å². The Balaban J connectivity index is 1.47. The van der Waals surface area contributed by atoms with Crippen LogP contribution in [0.25, 0.3) is 11.6 Å². The van der Waals surface area contributed by atoms with Crippen LogP contribution in [0.15, 0.2) is 29.0 Å². The van der Waals surface area contributed by atoms with E-state index in [-0.39, 0.29) is 24.7 Å². The number of pyridine rings is 1. The van der Waals surface area contributed by atoms with E-state index in [4.69, 9.17) is 4.52 Å². The number of aromatic nitrogens is 6. The summed E-state index contributed by atoms with van der Waals surface area (Å²) in [6.07, 6.45) is 3.60. The molecule has 0 aliphatic heterocycles. The molecule has 9 heteroatoms. The van der Waals surface area contributed by atoms with Gasteiger partial charge in [-0.15, -0.1) is 5.10 Å². The van der Waals surface area contributed by atoms with Crippen molar-refractivity contribution in [1.82, 2.24) is 30.1 Å². The van der Waals surface area contributed by atoms with Gasteiger partial charge in [-0.1, -0.05) is 10.4 Å². The fraction of sp³-hybridized carbons (Fsp3) is 0.438. The molecule has 0 unspecified atom stereocenters. The molecule has 0 radical (unpaired) electrons. The van der Waals surface area contributed by atoms with Gasteiger partial charge in [-0.3, -0.25) is 4.98 Å². The van der Waals surface area contributed by atoms with Crippen LogP contribution in [0, 0.1) is 12.8 Å². The zero-order valence-electron chi connectivity index (χ0n) is 13.6. The van der Waals surface area contributed by atoms with E-state index in [2.05, 4.69) is 25.4 Å². The molecule has 25 heavy (non-hydrogen) atoms. The molecule has 3 aromatic rings. The lowest BCUT2D eigenvalue weighted by atomic mass is 9.79. The van der Waals surface area contributed by atoms with Crippen LogP contribution in [-0.4, -0.2) is 36.0 Å². The number of rotatable bonds is 5. The number of hydrogen-bond acceptors (Lipinski definition) is 6.